The molecule has 212 valence electrons. The van der Waals surface area contributed by atoms with Gasteiger partial charge in [0.1, 0.15) is 11.5 Å². The number of Topliss-reactive ketones (excluding diaryl/α,β-unsaturated/α-hetero) is 1. The molecule has 4 rings (SSSR count). The Hall–Kier alpha value is -3.06. The number of carbonyl (C=O) groups excluding carboxylic acids is 2. The van der Waals surface area contributed by atoms with Gasteiger partial charge in [0.05, 0.1) is 37.5 Å². The summed E-state index contributed by atoms with van der Waals surface area (Å²) in [6, 6.07) is 13.6. The summed E-state index contributed by atoms with van der Waals surface area (Å²) in [4.78, 5) is 28.0. The Morgan fingerprint density at radius 2 is 1.62 bits per heavy atom. The average molecular weight is 537 g/mol. The molecule has 2 saturated carbocycles. The molecule has 2 amide bonds. The zero-order valence-corrected chi connectivity index (χ0v) is 24.1. The predicted molar refractivity (Wildman–Crippen MR) is 152 cm³/mol. The van der Waals surface area contributed by atoms with Crippen molar-refractivity contribution in [1.29, 1.82) is 0 Å². The third-order valence-electron chi connectivity index (χ3n) is 8.12. The molecule has 0 aromatic heterocycles. The summed E-state index contributed by atoms with van der Waals surface area (Å²) in [5.74, 6) is 2.14. The fraction of sp³-hybridized carbons (Fsp3) is 0.562. The SMILES string of the molecule is CCOc1cc([C@@H](C)N(CCO[C@@H](C)c2ccccc2)C(=O)NC2(C(C)=O)CCC2)cc(OCC)c1C1CC1. The van der Waals surface area contributed by atoms with Crippen molar-refractivity contribution in [2.75, 3.05) is 26.4 Å². The van der Waals surface area contributed by atoms with E-state index in [4.69, 9.17) is 14.2 Å². The molecule has 2 aliphatic carbocycles. The van der Waals surface area contributed by atoms with E-state index in [1.54, 1.807) is 11.8 Å². The van der Waals surface area contributed by atoms with Crippen molar-refractivity contribution in [3.63, 3.8) is 0 Å². The lowest BCUT2D eigenvalue weighted by atomic mass is 9.74. The van der Waals surface area contributed by atoms with Crippen molar-refractivity contribution in [3.05, 3.63) is 59.2 Å². The Balaban J connectivity index is 1.59. The fourth-order valence-electron chi connectivity index (χ4n) is 5.36. The van der Waals surface area contributed by atoms with Gasteiger partial charge in [-0.05, 0) is 95.9 Å². The van der Waals surface area contributed by atoms with Crippen LogP contribution in [-0.2, 0) is 9.53 Å². The van der Waals surface area contributed by atoms with Gasteiger partial charge in [-0.15, -0.1) is 0 Å². The summed E-state index contributed by atoms with van der Waals surface area (Å²) in [7, 11) is 0. The molecule has 2 aromatic rings. The van der Waals surface area contributed by atoms with Crippen molar-refractivity contribution in [1.82, 2.24) is 10.2 Å². The van der Waals surface area contributed by atoms with Crippen LogP contribution in [0, 0.1) is 0 Å². The number of carbonyl (C=O) groups is 2. The van der Waals surface area contributed by atoms with Gasteiger partial charge in [0.2, 0.25) is 0 Å². The van der Waals surface area contributed by atoms with Gasteiger partial charge < -0.3 is 24.4 Å². The monoisotopic (exact) mass is 536 g/mol. The normalized spacial score (nSPS) is 17.5. The molecule has 0 heterocycles. The molecule has 7 nitrogen and oxygen atoms in total. The van der Waals surface area contributed by atoms with Gasteiger partial charge in [-0.3, -0.25) is 4.79 Å². The number of hydrogen-bond donors (Lipinski definition) is 1. The molecule has 2 atom stereocenters. The van der Waals surface area contributed by atoms with Crippen molar-refractivity contribution in [2.24, 2.45) is 0 Å². The zero-order chi connectivity index (χ0) is 28.0. The minimum Gasteiger partial charge on any atom is -0.493 e. The van der Waals surface area contributed by atoms with E-state index in [0.29, 0.717) is 45.1 Å². The summed E-state index contributed by atoms with van der Waals surface area (Å²) in [5.41, 5.74) is 2.39. The predicted octanol–water partition coefficient (Wildman–Crippen LogP) is 6.72. The highest BCUT2D eigenvalue weighted by Crippen LogP contribution is 2.50. The lowest BCUT2D eigenvalue weighted by Crippen LogP contribution is -2.61. The van der Waals surface area contributed by atoms with Crippen molar-refractivity contribution in [3.8, 4) is 11.5 Å². The van der Waals surface area contributed by atoms with Crippen LogP contribution in [0.1, 0.15) is 101 Å². The number of hydrogen-bond acceptors (Lipinski definition) is 5. The highest BCUT2D eigenvalue weighted by molar-refractivity contribution is 5.92. The zero-order valence-electron chi connectivity index (χ0n) is 24.1. The molecule has 0 bridgehead atoms. The molecular formula is C32H44N2O5. The van der Waals surface area contributed by atoms with Crippen LogP contribution in [0.25, 0.3) is 0 Å². The van der Waals surface area contributed by atoms with Gasteiger partial charge in [0, 0.05) is 12.1 Å². The number of ketones is 1. The summed E-state index contributed by atoms with van der Waals surface area (Å²) < 4.78 is 18.3. The standard InChI is InChI=1S/C32H44N2O5/c1-6-37-28-20-27(21-29(38-7-2)30(28)26-14-15-26)22(3)34(31(36)33-32(24(5)35)16-11-17-32)18-19-39-23(4)25-12-9-8-10-13-25/h8-10,12-13,20-23,26H,6-7,11,14-19H2,1-5H3,(H,33,36)/t22-,23+/m1/s1. The molecule has 0 saturated heterocycles. The van der Waals surface area contributed by atoms with Crippen LogP contribution in [0.4, 0.5) is 4.79 Å². The second kappa shape index (κ2) is 12.9. The van der Waals surface area contributed by atoms with E-state index in [2.05, 4.69) is 17.4 Å². The minimum atomic E-state index is -0.768. The van der Waals surface area contributed by atoms with E-state index in [0.717, 1.165) is 47.5 Å². The van der Waals surface area contributed by atoms with E-state index < -0.39 is 5.54 Å². The Bertz CT molecular complexity index is 1100. The highest BCUT2D eigenvalue weighted by Gasteiger charge is 2.44. The first-order chi connectivity index (χ1) is 18.8. The summed E-state index contributed by atoms with van der Waals surface area (Å²) >= 11 is 0. The van der Waals surface area contributed by atoms with Gasteiger partial charge in [-0.2, -0.15) is 0 Å². The first-order valence-corrected chi connectivity index (χ1v) is 14.5. The van der Waals surface area contributed by atoms with Gasteiger partial charge in [-0.25, -0.2) is 4.79 Å². The first kappa shape index (κ1) is 28.9. The molecule has 0 radical (unpaired) electrons. The molecule has 39 heavy (non-hydrogen) atoms. The molecule has 7 heteroatoms. The maximum absolute atomic E-state index is 13.8. The Morgan fingerprint density at radius 3 is 2.10 bits per heavy atom. The summed E-state index contributed by atoms with van der Waals surface area (Å²) in [5, 5.41) is 3.09. The lowest BCUT2D eigenvalue weighted by molar-refractivity contribution is -0.126. The van der Waals surface area contributed by atoms with Crippen molar-refractivity contribution < 1.29 is 23.8 Å². The van der Waals surface area contributed by atoms with Crippen molar-refractivity contribution in [2.45, 2.75) is 90.3 Å². The third kappa shape index (κ3) is 6.75. The third-order valence-corrected chi connectivity index (χ3v) is 8.12. The maximum Gasteiger partial charge on any atom is 0.318 e. The van der Waals surface area contributed by atoms with E-state index in [9.17, 15) is 9.59 Å². The topological polar surface area (TPSA) is 77.1 Å². The highest BCUT2D eigenvalue weighted by atomic mass is 16.5. The van der Waals surface area contributed by atoms with Crippen LogP contribution in [0.15, 0.2) is 42.5 Å². The Morgan fingerprint density at radius 1 is 1.00 bits per heavy atom. The van der Waals surface area contributed by atoms with Crippen LogP contribution in [0.3, 0.4) is 0 Å². The van der Waals surface area contributed by atoms with Gasteiger partial charge in [0.15, 0.2) is 5.78 Å². The van der Waals surface area contributed by atoms with Crippen LogP contribution in [-0.4, -0.2) is 48.6 Å². The number of nitrogens with zero attached hydrogens (tertiary/aromatic N) is 1. The number of amides is 2. The van der Waals surface area contributed by atoms with Crippen LogP contribution < -0.4 is 14.8 Å². The van der Waals surface area contributed by atoms with E-state index in [-0.39, 0.29) is 24.0 Å². The quantitative estimate of drug-likeness (QED) is 0.290. The molecule has 2 aliphatic rings. The van der Waals surface area contributed by atoms with Gasteiger partial charge in [0.25, 0.3) is 0 Å². The summed E-state index contributed by atoms with van der Waals surface area (Å²) in [6.07, 6.45) is 4.45. The Kier molecular flexibility index (Phi) is 9.54. The molecule has 2 fully saturated rings. The smallest absolute Gasteiger partial charge is 0.318 e. The second-order valence-electron chi connectivity index (χ2n) is 10.8. The largest absolute Gasteiger partial charge is 0.493 e. The number of benzene rings is 2. The molecule has 2 aromatic carbocycles. The first-order valence-electron chi connectivity index (χ1n) is 14.5. The maximum atomic E-state index is 13.8. The number of ether oxygens (including phenoxy) is 3. The Labute approximate surface area is 233 Å². The molecule has 1 N–H and O–H groups in total. The van der Waals surface area contributed by atoms with E-state index in [1.807, 2.05) is 58.0 Å². The molecular weight excluding hydrogens is 492 g/mol. The van der Waals surface area contributed by atoms with Crippen LogP contribution in [0.2, 0.25) is 0 Å². The summed E-state index contributed by atoms with van der Waals surface area (Å²) in [6.45, 7) is 11.4. The molecule has 0 spiro atoms. The number of urea groups is 1. The van der Waals surface area contributed by atoms with Gasteiger partial charge in [-0.1, -0.05) is 30.3 Å². The number of nitrogens with one attached hydrogen (secondary N) is 1. The lowest BCUT2D eigenvalue weighted by Gasteiger charge is -2.42. The van der Waals surface area contributed by atoms with Crippen LogP contribution in [0.5, 0.6) is 11.5 Å². The van der Waals surface area contributed by atoms with Gasteiger partial charge >= 0.3 is 6.03 Å². The second-order valence-corrected chi connectivity index (χ2v) is 10.8. The van der Waals surface area contributed by atoms with E-state index >= 15 is 0 Å². The average Bonchev–Trinajstić information content (AvgIpc) is 3.74. The minimum absolute atomic E-state index is 0.00898. The van der Waals surface area contributed by atoms with Crippen LogP contribution >= 0.6 is 0 Å². The fourth-order valence-corrected chi connectivity index (χ4v) is 5.36. The number of rotatable bonds is 14. The molecule has 0 aliphatic heterocycles. The van der Waals surface area contributed by atoms with E-state index in [1.165, 1.54) is 0 Å². The van der Waals surface area contributed by atoms with Crippen molar-refractivity contribution >= 4 is 11.8 Å². The molecule has 0 unspecified atom stereocenters.